The van der Waals surface area contributed by atoms with Crippen molar-refractivity contribution in [2.75, 3.05) is 0 Å². The van der Waals surface area contributed by atoms with Crippen molar-refractivity contribution in [3.05, 3.63) is 0 Å². The molecule has 4 aliphatic carbocycles. The molecule has 4 rings (SSSR count). The van der Waals surface area contributed by atoms with Gasteiger partial charge in [0.1, 0.15) is 5.78 Å². The minimum atomic E-state index is -0.170. The van der Waals surface area contributed by atoms with Gasteiger partial charge < -0.3 is 5.11 Å². The van der Waals surface area contributed by atoms with Crippen molar-refractivity contribution in [1.29, 1.82) is 0 Å². The van der Waals surface area contributed by atoms with Crippen LogP contribution in [0.1, 0.15) is 65.2 Å². The quantitative estimate of drug-likeness (QED) is 0.646. The monoisotopic (exact) mass is 368 g/mol. The second kappa shape index (κ2) is 5.05. The number of carbonyl (C=O) groups is 1. The molecule has 0 unspecified atom stereocenters. The molecule has 0 aromatic rings. The van der Waals surface area contributed by atoms with Crippen LogP contribution in [-0.2, 0) is 4.79 Å². The van der Waals surface area contributed by atoms with E-state index in [2.05, 4.69) is 29.8 Å². The number of rotatable bonds is 0. The van der Waals surface area contributed by atoms with Gasteiger partial charge in [0.2, 0.25) is 0 Å². The van der Waals surface area contributed by atoms with Gasteiger partial charge in [0.25, 0.3) is 0 Å². The van der Waals surface area contributed by atoms with Crippen molar-refractivity contribution < 1.29 is 9.90 Å². The average Bonchev–Trinajstić information content (AvgIpc) is 2.77. The first kappa shape index (κ1) is 15.6. The van der Waals surface area contributed by atoms with Crippen molar-refractivity contribution in [3.8, 4) is 0 Å². The van der Waals surface area contributed by atoms with E-state index >= 15 is 0 Å². The maximum Gasteiger partial charge on any atom is 0.139 e. The third-order valence-corrected chi connectivity index (χ3v) is 9.29. The fraction of sp³-hybridized carbons (Fsp3) is 0.947. The van der Waals surface area contributed by atoms with Gasteiger partial charge in [0, 0.05) is 16.7 Å². The van der Waals surface area contributed by atoms with Crippen molar-refractivity contribution in [3.63, 3.8) is 0 Å². The summed E-state index contributed by atoms with van der Waals surface area (Å²) in [4.78, 5) is 12.7. The molecule has 0 aromatic heterocycles. The fourth-order valence-electron chi connectivity index (χ4n) is 7.01. The molecule has 0 amide bonds. The number of aliphatic hydroxyl groups is 1. The highest BCUT2D eigenvalue weighted by Gasteiger charge is 2.60. The lowest BCUT2D eigenvalue weighted by Gasteiger charge is -2.60. The molecule has 8 atom stereocenters. The lowest BCUT2D eigenvalue weighted by atomic mass is 9.45. The van der Waals surface area contributed by atoms with Crippen LogP contribution < -0.4 is 0 Å². The third kappa shape index (κ3) is 1.97. The van der Waals surface area contributed by atoms with E-state index in [4.69, 9.17) is 0 Å². The molecule has 2 nitrogen and oxygen atoms in total. The summed E-state index contributed by atoms with van der Waals surface area (Å²) in [5, 5.41) is 10.3. The van der Waals surface area contributed by atoms with Crippen LogP contribution in [0.25, 0.3) is 0 Å². The van der Waals surface area contributed by atoms with Crippen LogP contribution in [-0.4, -0.2) is 21.8 Å². The van der Waals surface area contributed by atoms with Crippen LogP contribution in [0.15, 0.2) is 0 Å². The summed E-state index contributed by atoms with van der Waals surface area (Å²) in [5.74, 6) is 3.38. The smallest absolute Gasteiger partial charge is 0.139 e. The fourth-order valence-corrected chi connectivity index (χ4v) is 7.92. The van der Waals surface area contributed by atoms with Gasteiger partial charge in [-0.25, -0.2) is 0 Å². The molecule has 4 fully saturated rings. The Hall–Kier alpha value is 0.110. The Morgan fingerprint density at radius 3 is 2.68 bits per heavy atom. The Bertz CT molecular complexity index is 492. The van der Waals surface area contributed by atoms with E-state index < -0.39 is 0 Å². The predicted octanol–water partition coefficient (Wildman–Crippen LogP) is 4.33. The zero-order chi connectivity index (χ0) is 15.7. The third-order valence-electron chi connectivity index (χ3n) is 8.35. The molecular weight excluding hydrogens is 340 g/mol. The molecule has 4 saturated carbocycles. The molecule has 1 N–H and O–H groups in total. The maximum absolute atomic E-state index is 12.4. The van der Waals surface area contributed by atoms with E-state index in [0.717, 1.165) is 43.9 Å². The van der Waals surface area contributed by atoms with Gasteiger partial charge in [-0.15, -0.1) is 0 Å². The summed E-state index contributed by atoms with van der Waals surface area (Å²) in [6.45, 7) is 4.75. The zero-order valence-electron chi connectivity index (χ0n) is 13.9. The summed E-state index contributed by atoms with van der Waals surface area (Å²) >= 11 is 3.74. The molecule has 22 heavy (non-hydrogen) atoms. The number of hydrogen-bond acceptors (Lipinski definition) is 2. The average molecular weight is 369 g/mol. The Kier molecular flexibility index (Phi) is 3.59. The molecule has 124 valence electrons. The van der Waals surface area contributed by atoms with Crippen molar-refractivity contribution in [2.45, 2.75) is 76.1 Å². The molecular formula is C19H29BrO2. The minimum Gasteiger partial charge on any atom is -0.392 e. The van der Waals surface area contributed by atoms with Gasteiger partial charge >= 0.3 is 0 Å². The van der Waals surface area contributed by atoms with Crippen LogP contribution in [0.4, 0.5) is 0 Å². The summed E-state index contributed by atoms with van der Waals surface area (Å²) in [6, 6.07) is 0. The summed E-state index contributed by atoms with van der Waals surface area (Å²) in [6.07, 6.45) is 8.75. The molecule has 0 spiro atoms. The van der Waals surface area contributed by atoms with Crippen LogP contribution in [0.2, 0.25) is 0 Å². The highest BCUT2D eigenvalue weighted by atomic mass is 79.9. The molecule has 0 aliphatic heterocycles. The highest BCUT2D eigenvalue weighted by Crippen LogP contribution is 2.65. The first-order chi connectivity index (χ1) is 10.4. The number of hydrogen-bond donors (Lipinski definition) is 1. The number of halogens is 1. The second-order valence-corrected chi connectivity index (χ2v) is 10.3. The van der Waals surface area contributed by atoms with E-state index in [1.807, 2.05) is 0 Å². The van der Waals surface area contributed by atoms with E-state index in [-0.39, 0.29) is 16.3 Å². The molecule has 0 radical (unpaired) electrons. The number of ketones is 1. The van der Waals surface area contributed by atoms with Crippen molar-refractivity contribution in [2.24, 2.45) is 34.5 Å². The van der Waals surface area contributed by atoms with Crippen LogP contribution in [0, 0.1) is 34.5 Å². The SMILES string of the molecule is C[C@]12C[C@H](Br)[C@@H](O)C[C@@H]1CC[C@@H]1[C@@H]2CC[C@]2(C)C(=O)CC[C@@H]12. The van der Waals surface area contributed by atoms with Crippen LogP contribution in [0.5, 0.6) is 0 Å². The van der Waals surface area contributed by atoms with Gasteiger partial charge in [0.15, 0.2) is 0 Å². The number of aliphatic hydroxyl groups excluding tert-OH is 1. The van der Waals surface area contributed by atoms with E-state index in [1.54, 1.807) is 0 Å². The van der Waals surface area contributed by atoms with Gasteiger partial charge in [-0.1, -0.05) is 29.8 Å². The summed E-state index contributed by atoms with van der Waals surface area (Å²) < 4.78 is 0. The standard InChI is InChI=1S/C19H29BrO2/c1-18-8-7-14-12(13(18)5-6-17(18)22)4-3-11-9-16(21)15(20)10-19(11,14)2/h11-16,21H,3-10H2,1-2H3/t11-,12-,13-,14-,15-,16-,18-,19-/m0/s1. The van der Waals surface area contributed by atoms with Gasteiger partial charge in [0.05, 0.1) is 6.10 Å². The Labute approximate surface area is 142 Å². The second-order valence-electron chi connectivity index (χ2n) is 9.10. The van der Waals surface area contributed by atoms with E-state index in [9.17, 15) is 9.90 Å². The van der Waals surface area contributed by atoms with E-state index in [0.29, 0.717) is 23.0 Å². The molecule has 0 bridgehead atoms. The van der Waals surface area contributed by atoms with E-state index in [1.165, 1.54) is 19.3 Å². The predicted molar refractivity (Wildman–Crippen MR) is 90.8 cm³/mol. The first-order valence-electron chi connectivity index (χ1n) is 9.21. The Morgan fingerprint density at radius 2 is 1.91 bits per heavy atom. The number of alkyl halides is 1. The van der Waals surface area contributed by atoms with Crippen molar-refractivity contribution in [1.82, 2.24) is 0 Å². The Balaban J connectivity index is 1.65. The number of fused-ring (bicyclic) bond motifs is 5. The molecule has 0 aromatic carbocycles. The highest BCUT2D eigenvalue weighted by molar-refractivity contribution is 9.09. The lowest BCUT2D eigenvalue weighted by Crippen LogP contribution is -2.55. The lowest BCUT2D eigenvalue weighted by molar-refractivity contribution is -0.141. The number of carbonyl (C=O) groups excluding carboxylic acids is 1. The van der Waals surface area contributed by atoms with Gasteiger partial charge in [-0.05, 0) is 74.0 Å². The van der Waals surface area contributed by atoms with Crippen LogP contribution >= 0.6 is 15.9 Å². The molecule has 0 saturated heterocycles. The zero-order valence-corrected chi connectivity index (χ0v) is 15.4. The molecule has 3 heteroatoms. The maximum atomic E-state index is 12.4. The topological polar surface area (TPSA) is 37.3 Å². The molecule has 4 aliphatic rings. The summed E-state index contributed by atoms with van der Waals surface area (Å²) in [7, 11) is 0. The largest absolute Gasteiger partial charge is 0.392 e. The summed E-state index contributed by atoms with van der Waals surface area (Å²) in [5.41, 5.74) is 0.357. The number of Topliss-reactive ketones (excluding diaryl/α,β-unsaturated/α-hetero) is 1. The van der Waals surface area contributed by atoms with Gasteiger partial charge in [-0.3, -0.25) is 4.79 Å². The first-order valence-corrected chi connectivity index (χ1v) is 10.1. The minimum absolute atomic E-state index is 0.00759. The van der Waals surface area contributed by atoms with Gasteiger partial charge in [-0.2, -0.15) is 0 Å². The van der Waals surface area contributed by atoms with Crippen molar-refractivity contribution >= 4 is 21.7 Å². The normalized spacial score (nSPS) is 57.9. The Morgan fingerprint density at radius 1 is 1.14 bits per heavy atom. The van der Waals surface area contributed by atoms with Crippen LogP contribution in [0.3, 0.4) is 0 Å². The molecule has 0 heterocycles.